The molecule has 80 valence electrons. The van der Waals surface area contributed by atoms with Crippen LogP contribution >= 0.6 is 11.5 Å². The molecule has 1 aromatic rings. The van der Waals surface area contributed by atoms with Crippen LogP contribution in [0.15, 0.2) is 0 Å². The van der Waals surface area contributed by atoms with Crippen molar-refractivity contribution >= 4 is 11.5 Å². The number of hydrogen-bond donors (Lipinski definition) is 0. The van der Waals surface area contributed by atoms with Crippen molar-refractivity contribution in [2.75, 3.05) is 19.6 Å². The Labute approximate surface area is 93.7 Å². The molecule has 1 aliphatic carbocycles. The summed E-state index contributed by atoms with van der Waals surface area (Å²) in [6, 6.07) is 0. The molecule has 2 saturated heterocycles. The van der Waals surface area contributed by atoms with Gasteiger partial charge in [-0.05, 0) is 43.3 Å². The molecular weight excluding hydrogens is 206 g/mol. The van der Waals surface area contributed by atoms with Gasteiger partial charge in [0.2, 0.25) is 0 Å². The third kappa shape index (κ3) is 1.35. The van der Waals surface area contributed by atoms with Gasteiger partial charge in [-0.25, -0.2) is 4.98 Å². The second-order valence-electron chi connectivity index (χ2n) is 5.18. The van der Waals surface area contributed by atoms with Crippen molar-refractivity contribution in [2.45, 2.75) is 31.1 Å². The Morgan fingerprint density at radius 2 is 2.13 bits per heavy atom. The van der Waals surface area contributed by atoms with Crippen LogP contribution in [0.2, 0.25) is 0 Å². The number of nitrogens with zero attached hydrogens (tertiary/aromatic N) is 3. The van der Waals surface area contributed by atoms with E-state index in [1.54, 1.807) is 11.5 Å². The number of rotatable bonds is 2. The van der Waals surface area contributed by atoms with Gasteiger partial charge in [0.15, 0.2) is 0 Å². The molecule has 0 N–H and O–H groups in total. The highest BCUT2D eigenvalue weighted by molar-refractivity contribution is 7.05. The minimum atomic E-state index is 0.712. The molecule has 3 aliphatic rings. The van der Waals surface area contributed by atoms with Crippen LogP contribution in [0, 0.1) is 5.92 Å². The summed E-state index contributed by atoms with van der Waals surface area (Å²) in [5, 5.41) is 1.32. The van der Waals surface area contributed by atoms with E-state index in [1.807, 2.05) is 0 Å². The van der Waals surface area contributed by atoms with Crippen LogP contribution in [-0.4, -0.2) is 33.9 Å². The Morgan fingerprint density at radius 3 is 2.80 bits per heavy atom. The maximum absolute atomic E-state index is 4.75. The third-order valence-corrected chi connectivity index (χ3v) is 4.91. The quantitative estimate of drug-likeness (QED) is 0.763. The van der Waals surface area contributed by atoms with E-state index in [-0.39, 0.29) is 0 Å². The Bertz CT molecular complexity index is 385. The fourth-order valence-electron chi connectivity index (χ4n) is 2.97. The molecule has 0 spiro atoms. The van der Waals surface area contributed by atoms with Gasteiger partial charge in [0.25, 0.3) is 0 Å². The summed E-state index contributed by atoms with van der Waals surface area (Å²) < 4.78 is 4.52. The summed E-state index contributed by atoms with van der Waals surface area (Å²) >= 11 is 1.67. The zero-order chi connectivity index (χ0) is 9.83. The summed E-state index contributed by atoms with van der Waals surface area (Å²) in [6.45, 7) is 3.86. The van der Waals surface area contributed by atoms with Gasteiger partial charge in [-0.1, -0.05) is 0 Å². The lowest BCUT2D eigenvalue weighted by atomic mass is 9.93. The summed E-state index contributed by atoms with van der Waals surface area (Å²) in [6.07, 6.45) is 4.01. The Kier molecular flexibility index (Phi) is 1.74. The minimum absolute atomic E-state index is 0.712. The van der Waals surface area contributed by atoms with Crippen LogP contribution in [0.3, 0.4) is 0 Å². The lowest BCUT2D eigenvalue weighted by Gasteiger charge is -2.19. The van der Waals surface area contributed by atoms with Gasteiger partial charge in [-0.15, -0.1) is 0 Å². The first-order valence-electron chi connectivity index (χ1n) is 5.96. The van der Waals surface area contributed by atoms with E-state index in [2.05, 4.69) is 9.27 Å². The van der Waals surface area contributed by atoms with Crippen molar-refractivity contribution in [1.29, 1.82) is 0 Å². The van der Waals surface area contributed by atoms with Crippen molar-refractivity contribution < 1.29 is 0 Å². The average Bonchev–Trinajstić information content (AvgIpc) is 2.74. The fraction of sp³-hybridized carbons (Fsp3) is 0.818. The van der Waals surface area contributed by atoms with E-state index >= 15 is 0 Å². The number of fused-ring (bicyclic) bond motifs is 2. The number of aromatic nitrogens is 2. The zero-order valence-corrected chi connectivity index (χ0v) is 9.54. The molecule has 1 unspecified atom stereocenters. The maximum atomic E-state index is 4.75. The number of hydrogen-bond acceptors (Lipinski definition) is 4. The van der Waals surface area contributed by atoms with Crippen molar-refractivity contribution in [3.8, 4) is 0 Å². The molecule has 3 nitrogen and oxygen atoms in total. The highest BCUT2D eigenvalue weighted by atomic mass is 32.1. The lowest BCUT2D eigenvalue weighted by molar-refractivity contribution is 0.346. The molecule has 4 rings (SSSR count). The topological polar surface area (TPSA) is 29.0 Å². The second kappa shape index (κ2) is 3.01. The Hall–Kier alpha value is -0.480. The van der Waals surface area contributed by atoms with Crippen molar-refractivity contribution in [3.05, 3.63) is 10.8 Å². The van der Waals surface area contributed by atoms with E-state index in [0.717, 1.165) is 11.7 Å². The van der Waals surface area contributed by atoms with Crippen LogP contribution in [0.25, 0.3) is 0 Å². The van der Waals surface area contributed by atoms with Gasteiger partial charge in [-0.3, -0.25) is 0 Å². The van der Waals surface area contributed by atoms with Gasteiger partial charge in [0, 0.05) is 24.9 Å². The predicted molar refractivity (Wildman–Crippen MR) is 59.2 cm³/mol. The third-order valence-electron chi connectivity index (χ3n) is 4.05. The monoisotopic (exact) mass is 221 g/mol. The Balaban J connectivity index is 1.60. The van der Waals surface area contributed by atoms with Gasteiger partial charge < -0.3 is 4.90 Å². The molecule has 0 radical (unpaired) electrons. The fourth-order valence-corrected chi connectivity index (χ4v) is 3.88. The van der Waals surface area contributed by atoms with Gasteiger partial charge in [0.1, 0.15) is 10.8 Å². The zero-order valence-electron chi connectivity index (χ0n) is 8.72. The molecule has 0 aromatic carbocycles. The second-order valence-corrected chi connectivity index (χ2v) is 5.96. The summed E-state index contributed by atoms with van der Waals surface area (Å²) in [7, 11) is 0. The molecule has 15 heavy (non-hydrogen) atoms. The van der Waals surface area contributed by atoms with Gasteiger partial charge in [0.05, 0.1) is 0 Å². The summed E-state index contributed by atoms with van der Waals surface area (Å²) in [4.78, 5) is 7.33. The minimum Gasteiger partial charge on any atom is -0.302 e. The van der Waals surface area contributed by atoms with E-state index in [9.17, 15) is 0 Å². The molecular formula is C11H15N3S. The van der Waals surface area contributed by atoms with Crippen molar-refractivity contribution in [3.63, 3.8) is 0 Å². The Morgan fingerprint density at radius 1 is 1.20 bits per heavy atom. The SMILES string of the molecule is C1CC1c1nsc([C@H]2CN3CC[C@H]2C3)n1. The van der Waals surface area contributed by atoms with Crippen LogP contribution in [0.1, 0.15) is 41.9 Å². The van der Waals surface area contributed by atoms with Crippen LogP contribution in [0.5, 0.6) is 0 Å². The molecule has 1 aromatic heterocycles. The smallest absolute Gasteiger partial charge is 0.145 e. The summed E-state index contributed by atoms with van der Waals surface area (Å²) in [5.41, 5.74) is 0. The number of piperidine rings is 1. The summed E-state index contributed by atoms with van der Waals surface area (Å²) in [5.74, 6) is 3.45. The molecule has 3 heterocycles. The lowest BCUT2D eigenvalue weighted by Crippen LogP contribution is -2.22. The average molecular weight is 221 g/mol. The molecule has 2 bridgehead atoms. The highest BCUT2D eigenvalue weighted by Crippen LogP contribution is 2.43. The first-order valence-corrected chi connectivity index (χ1v) is 6.73. The molecule has 3 atom stereocenters. The van der Waals surface area contributed by atoms with Crippen LogP contribution < -0.4 is 0 Å². The van der Waals surface area contributed by atoms with E-state index in [1.165, 1.54) is 43.9 Å². The van der Waals surface area contributed by atoms with Crippen molar-refractivity contribution in [1.82, 2.24) is 14.3 Å². The molecule has 0 amide bonds. The maximum Gasteiger partial charge on any atom is 0.145 e. The van der Waals surface area contributed by atoms with Gasteiger partial charge >= 0.3 is 0 Å². The normalized spacial score (nSPS) is 38.8. The molecule has 4 heteroatoms. The van der Waals surface area contributed by atoms with Gasteiger partial charge in [-0.2, -0.15) is 4.37 Å². The van der Waals surface area contributed by atoms with E-state index in [4.69, 9.17) is 4.98 Å². The van der Waals surface area contributed by atoms with Crippen LogP contribution in [0.4, 0.5) is 0 Å². The molecule has 2 aliphatic heterocycles. The van der Waals surface area contributed by atoms with E-state index < -0.39 is 0 Å². The first-order chi connectivity index (χ1) is 7.40. The first kappa shape index (κ1) is 8.65. The van der Waals surface area contributed by atoms with Crippen LogP contribution in [-0.2, 0) is 0 Å². The molecule has 1 saturated carbocycles. The van der Waals surface area contributed by atoms with E-state index in [0.29, 0.717) is 11.8 Å². The molecule has 3 fully saturated rings. The predicted octanol–water partition coefficient (Wildman–Crippen LogP) is 1.83. The highest BCUT2D eigenvalue weighted by Gasteiger charge is 2.41. The van der Waals surface area contributed by atoms with Crippen molar-refractivity contribution in [2.24, 2.45) is 5.92 Å². The standard InChI is InChI=1S/C11H15N3S/c1-2-7(1)10-12-11(15-13-10)9-6-14-4-3-8(9)5-14/h7-9H,1-6H2/t8-,9-/m0/s1. The largest absolute Gasteiger partial charge is 0.302 e.